The number of aromatic nitrogens is 2. The minimum absolute atomic E-state index is 0.525. The molecule has 3 rings (SSSR count). The summed E-state index contributed by atoms with van der Waals surface area (Å²) in [5.74, 6) is 0. The Kier molecular flexibility index (Phi) is 3.51. The van der Waals surface area contributed by atoms with Gasteiger partial charge in [0.2, 0.25) is 0 Å². The van der Waals surface area contributed by atoms with Crippen molar-refractivity contribution >= 4 is 5.69 Å². The normalized spacial score (nSPS) is 18.9. The van der Waals surface area contributed by atoms with E-state index in [2.05, 4.69) is 48.4 Å². The monoisotopic (exact) mass is 269 g/mol. The molecule has 1 saturated carbocycles. The van der Waals surface area contributed by atoms with Gasteiger partial charge in [-0.3, -0.25) is 0 Å². The zero-order valence-corrected chi connectivity index (χ0v) is 12.3. The van der Waals surface area contributed by atoms with E-state index in [1.807, 2.05) is 23.3 Å². The van der Waals surface area contributed by atoms with Gasteiger partial charge in [0.1, 0.15) is 0 Å². The van der Waals surface area contributed by atoms with Crippen molar-refractivity contribution in [3.05, 3.63) is 43.0 Å². The minimum Gasteiger partial charge on any atom is -0.382 e. The van der Waals surface area contributed by atoms with Crippen molar-refractivity contribution < 1.29 is 0 Å². The van der Waals surface area contributed by atoms with E-state index in [0.29, 0.717) is 11.5 Å². The third-order valence-corrected chi connectivity index (χ3v) is 4.36. The van der Waals surface area contributed by atoms with E-state index in [-0.39, 0.29) is 0 Å². The molecule has 2 aromatic rings. The third-order valence-electron chi connectivity index (χ3n) is 4.36. The van der Waals surface area contributed by atoms with E-state index < -0.39 is 0 Å². The summed E-state index contributed by atoms with van der Waals surface area (Å²) in [6.07, 6.45) is 10.8. The predicted molar refractivity (Wildman–Crippen MR) is 83.2 cm³/mol. The Morgan fingerprint density at radius 2 is 2.05 bits per heavy atom. The van der Waals surface area contributed by atoms with Crippen molar-refractivity contribution in [2.75, 3.05) is 5.32 Å². The molecule has 0 bridgehead atoms. The van der Waals surface area contributed by atoms with Crippen molar-refractivity contribution in [1.29, 1.82) is 0 Å². The van der Waals surface area contributed by atoms with Gasteiger partial charge < -0.3 is 9.88 Å². The van der Waals surface area contributed by atoms with Crippen molar-refractivity contribution in [2.24, 2.45) is 5.41 Å². The van der Waals surface area contributed by atoms with Crippen molar-refractivity contribution in [1.82, 2.24) is 9.55 Å². The molecule has 1 N–H and O–H groups in total. The maximum atomic E-state index is 4.10. The quantitative estimate of drug-likeness (QED) is 0.902. The topological polar surface area (TPSA) is 29.9 Å². The number of benzene rings is 1. The largest absolute Gasteiger partial charge is 0.382 e. The van der Waals surface area contributed by atoms with Crippen LogP contribution in [0.1, 0.15) is 39.5 Å². The van der Waals surface area contributed by atoms with Crippen LogP contribution in [0.25, 0.3) is 5.69 Å². The first-order valence-corrected chi connectivity index (χ1v) is 7.47. The molecule has 0 radical (unpaired) electrons. The summed E-state index contributed by atoms with van der Waals surface area (Å²) in [6, 6.07) is 9.17. The molecular formula is C17H23N3. The van der Waals surface area contributed by atoms with Gasteiger partial charge in [0.25, 0.3) is 0 Å². The summed E-state index contributed by atoms with van der Waals surface area (Å²) in [6.45, 7) is 4.76. The molecule has 0 saturated heterocycles. The van der Waals surface area contributed by atoms with Gasteiger partial charge in [0.15, 0.2) is 0 Å². The standard InChI is InChI=1S/C17H23N3/c1-17(2)8-6-14(7-9-17)19-15-4-3-5-16(12-15)20-11-10-18-13-20/h3-5,10-14,19H,6-9H2,1-2H3. The number of nitrogens with one attached hydrogen (secondary N) is 1. The van der Waals surface area contributed by atoms with E-state index in [1.165, 1.54) is 31.4 Å². The third kappa shape index (κ3) is 3.03. The van der Waals surface area contributed by atoms with Crippen molar-refractivity contribution in [3.63, 3.8) is 0 Å². The fraction of sp³-hybridized carbons (Fsp3) is 0.471. The number of anilines is 1. The molecule has 3 heteroatoms. The smallest absolute Gasteiger partial charge is 0.0991 e. The van der Waals surface area contributed by atoms with Crippen LogP contribution in [0, 0.1) is 5.41 Å². The fourth-order valence-electron chi connectivity index (χ4n) is 2.95. The van der Waals surface area contributed by atoms with Crippen molar-refractivity contribution in [3.8, 4) is 5.69 Å². The Morgan fingerprint density at radius 1 is 1.25 bits per heavy atom. The molecule has 0 spiro atoms. The van der Waals surface area contributed by atoms with E-state index in [4.69, 9.17) is 0 Å². The summed E-state index contributed by atoms with van der Waals surface area (Å²) >= 11 is 0. The highest BCUT2D eigenvalue weighted by atomic mass is 15.0. The van der Waals surface area contributed by atoms with Gasteiger partial charge in [0.05, 0.1) is 6.33 Å². The molecule has 1 fully saturated rings. The lowest BCUT2D eigenvalue weighted by Gasteiger charge is -2.35. The first-order valence-electron chi connectivity index (χ1n) is 7.47. The Labute approximate surface area is 121 Å². The first-order chi connectivity index (χ1) is 9.62. The fourth-order valence-corrected chi connectivity index (χ4v) is 2.95. The lowest BCUT2D eigenvalue weighted by atomic mass is 9.75. The maximum absolute atomic E-state index is 4.10. The average Bonchev–Trinajstić information content (AvgIpc) is 2.96. The summed E-state index contributed by atoms with van der Waals surface area (Å²) in [7, 11) is 0. The second-order valence-electron chi connectivity index (χ2n) is 6.60. The molecule has 1 heterocycles. The predicted octanol–water partition coefficient (Wildman–Crippen LogP) is 4.25. The Hall–Kier alpha value is -1.77. The van der Waals surface area contributed by atoms with E-state index in [0.717, 1.165) is 5.69 Å². The van der Waals surface area contributed by atoms with Gasteiger partial charge in [-0.05, 0) is 49.3 Å². The van der Waals surface area contributed by atoms with Crippen LogP contribution in [0.3, 0.4) is 0 Å². The number of rotatable bonds is 3. The minimum atomic E-state index is 0.525. The molecule has 1 aromatic carbocycles. The SMILES string of the molecule is CC1(C)CCC(Nc2cccc(-n3ccnc3)c2)CC1. The van der Waals surface area contributed by atoms with Gasteiger partial charge in [-0.1, -0.05) is 19.9 Å². The highest BCUT2D eigenvalue weighted by Crippen LogP contribution is 2.36. The number of imidazole rings is 1. The molecular weight excluding hydrogens is 246 g/mol. The molecule has 1 aliphatic rings. The zero-order valence-electron chi connectivity index (χ0n) is 12.3. The summed E-state index contributed by atoms with van der Waals surface area (Å²) in [4.78, 5) is 4.10. The maximum Gasteiger partial charge on any atom is 0.0991 e. The van der Waals surface area contributed by atoms with Crippen LogP contribution in [0.4, 0.5) is 5.69 Å². The lowest BCUT2D eigenvalue weighted by Crippen LogP contribution is -2.29. The lowest BCUT2D eigenvalue weighted by molar-refractivity contribution is 0.232. The highest BCUT2D eigenvalue weighted by Gasteiger charge is 2.26. The van der Waals surface area contributed by atoms with Crippen LogP contribution in [-0.2, 0) is 0 Å². The van der Waals surface area contributed by atoms with Gasteiger partial charge in [-0.15, -0.1) is 0 Å². The van der Waals surface area contributed by atoms with Crippen LogP contribution < -0.4 is 5.32 Å². The van der Waals surface area contributed by atoms with Gasteiger partial charge >= 0.3 is 0 Å². The summed E-state index contributed by atoms with van der Waals surface area (Å²) < 4.78 is 2.04. The second kappa shape index (κ2) is 5.31. The van der Waals surface area contributed by atoms with Crippen LogP contribution in [0.2, 0.25) is 0 Å². The van der Waals surface area contributed by atoms with Crippen LogP contribution in [-0.4, -0.2) is 15.6 Å². The molecule has 0 unspecified atom stereocenters. The number of nitrogens with zero attached hydrogens (tertiary/aromatic N) is 2. The van der Waals surface area contributed by atoms with E-state index in [1.54, 1.807) is 0 Å². The van der Waals surface area contributed by atoms with Crippen LogP contribution >= 0.6 is 0 Å². The van der Waals surface area contributed by atoms with Gasteiger partial charge in [-0.25, -0.2) is 4.98 Å². The Bertz CT molecular complexity index is 547. The van der Waals surface area contributed by atoms with E-state index >= 15 is 0 Å². The second-order valence-corrected chi connectivity index (χ2v) is 6.60. The molecule has 3 nitrogen and oxygen atoms in total. The molecule has 0 amide bonds. The van der Waals surface area contributed by atoms with E-state index in [9.17, 15) is 0 Å². The van der Waals surface area contributed by atoms with Gasteiger partial charge in [0, 0.05) is 29.8 Å². The Morgan fingerprint density at radius 3 is 2.75 bits per heavy atom. The van der Waals surface area contributed by atoms with Gasteiger partial charge in [-0.2, -0.15) is 0 Å². The summed E-state index contributed by atoms with van der Waals surface area (Å²) in [5, 5.41) is 3.69. The number of hydrogen-bond acceptors (Lipinski definition) is 2. The molecule has 106 valence electrons. The zero-order chi connectivity index (χ0) is 14.0. The average molecular weight is 269 g/mol. The van der Waals surface area contributed by atoms with Crippen LogP contribution in [0.5, 0.6) is 0 Å². The Balaban J connectivity index is 1.68. The molecule has 1 aromatic heterocycles. The molecule has 0 aliphatic heterocycles. The highest BCUT2D eigenvalue weighted by molar-refractivity contribution is 5.51. The molecule has 0 atom stereocenters. The summed E-state index contributed by atoms with van der Waals surface area (Å²) in [5.41, 5.74) is 2.89. The molecule has 20 heavy (non-hydrogen) atoms. The van der Waals surface area contributed by atoms with Crippen molar-refractivity contribution in [2.45, 2.75) is 45.6 Å². The number of hydrogen-bond donors (Lipinski definition) is 1. The molecule has 1 aliphatic carbocycles. The van der Waals surface area contributed by atoms with Crippen LogP contribution in [0.15, 0.2) is 43.0 Å². The first kappa shape index (κ1) is 13.2.